The van der Waals surface area contributed by atoms with Gasteiger partial charge in [-0.25, -0.2) is 22.8 Å². The van der Waals surface area contributed by atoms with Crippen LogP contribution in [0.4, 0.5) is 4.39 Å². The van der Waals surface area contributed by atoms with Gasteiger partial charge >= 0.3 is 0 Å². The average Bonchev–Trinajstić information content (AvgIpc) is 2.69. The molecular weight excluding hydrogens is 385 g/mol. The minimum Gasteiger partial charge on any atom is -0.495 e. The Labute approximate surface area is 164 Å². The van der Waals surface area contributed by atoms with Crippen LogP contribution < -0.4 is 9.47 Å². The fourth-order valence-electron chi connectivity index (χ4n) is 3.17. The molecule has 1 aliphatic rings. The summed E-state index contributed by atoms with van der Waals surface area (Å²) in [4.78, 5) is 8.13. The largest absolute Gasteiger partial charge is 0.495 e. The lowest BCUT2D eigenvalue weighted by atomic mass is 9.99. The predicted octanol–water partition coefficient (Wildman–Crippen LogP) is 2.72. The van der Waals surface area contributed by atoms with Crippen LogP contribution in [0.1, 0.15) is 24.1 Å². The number of aromatic nitrogens is 2. The number of sulfonamides is 1. The molecular formula is C19H24FN3O4S. The minimum absolute atomic E-state index is 0.140. The smallest absolute Gasteiger partial charge is 0.246 e. The molecule has 0 saturated carbocycles. The van der Waals surface area contributed by atoms with Gasteiger partial charge in [0.15, 0.2) is 0 Å². The lowest BCUT2D eigenvalue weighted by Crippen LogP contribution is -2.39. The predicted molar refractivity (Wildman–Crippen MR) is 101 cm³/mol. The highest BCUT2D eigenvalue weighted by molar-refractivity contribution is 7.89. The van der Waals surface area contributed by atoms with Gasteiger partial charge in [0.2, 0.25) is 15.9 Å². The zero-order valence-corrected chi connectivity index (χ0v) is 17.0. The zero-order chi connectivity index (χ0) is 20.3. The first-order valence-corrected chi connectivity index (χ1v) is 10.5. The first-order chi connectivity index (χ1) is 13.3. The maximum Gasteiger partial charge on any atom is 0.246 e. The number of ether oxygens (including phenoxy) is 2. The van der Waals surface area contributed by atoms with E-state index in [1.807, 2.05) is 13.8 Å². The summed E-state index contributed by atoms with van der Waals surface area (Å²) in [7, 11) is -2.46. The van der Waals surface area contributed by atoms with Crippen molar-refractivity contribution < 1.29 is 22.3 Å². The Morgan fingerprint density at radius 2 is 1.93 bits per heavy atom. The monoisotopic (exact) mass is 409 g/mol. The van der Waals surface area contributed by atoms with Crippen LogP contribution in [0, 0.1) is 25.6 Å². The van der Waals surface area contributed by atoms with Crippen LogP contribution in [-0.4, -0.2) is 49.5 Å². The first-order valence-electron chi connectivity index (χ1n) is 9.07. The van der Waals surface area contributed by atoms with Gasteiger partial charge in [-0.3, -0.25) is 0 Å². The van der Waals surface area contributed by atoms with Crippen LogP contribution in [0.2, 0.25) is 0 Å². The van der Waals surface area contributed by atoms with Gasteiger partial charge in [-0.1, -0.05) is 0 Å². The quantitative estimate of drug-likeness (QED) is 0.730. The van der Waals surface area contributed by atoms with E-state index in [0.29, 0.717) is 38.4 Å². The maximum atomic E-state index is 13.6. The molecule has 1 saturated heterocycles. The van der Waals surface area contributed by atoms with Crippen molar-refractivity contribution in [3.63, 3.8) is 0 Å². The summed E-state index contributed by atoms with van der Waals surface area (Å²) < 4.78 is 51.7. The van der Waals surface area contributed by atoms with E-state index in [1.54, 1.807) is 0 Å². The molecule has 9 heteroatoms. The van der Waals surface area contributed by atoms with E-state index in [9.17, 15) is 12.8 Å². The fourth-order valence-corrected chi connectivity index (χ4v) is 4.80. The molecule has 0 N–H and O–H groups in total. The molecule has 0 aliphatic carbocycles. The lowest BCUT2D eigenvalue weighted by molar-refractivity contribution is 0.179. The number of benzene rings is 1. The molecule has 1 aliphatic heterocycles. The summed E-state index contributed by atoms with van der Waals surface area (Å²) in [5.41, 5.74) is 1.77. The number of hydrogen-bond donors (Lipinski definition) is 0. The van der Waals surface area contributed by atoms with E-state index < -0.39 is 15.8 Å². The maximum absolute atomic E-state index is 13.6. The molecule has 28 heavy (non-hydrogen) atoms. The molecule has 0 amide bonds. The van der Waals surface area contributed by atoms with Crippen molar-refractivity contribution >= 4 is 10.0 Å². The molecule has 0 spiro atoms. The van der Waals surface area contributed by atoms with Gasteiger partial charge in [0.25, 0.3) is 0 Å². The summed E-state index contributed by atoms with van der Waals surface area (Å²) in [6.45, 7) is 4.96. The Morgan fingerprint density at radius 1 is 1.21 bits per heavy atom. The van der Waals surface area contributed by atoms with Crippen LogP contribution in [0.3, 0.4) is 0 Å². The lowest BCUT2D eigenvalue weighted by Gasteiger charge is -2.31. The molecule has 1 aromatic heterocycles. The van der Waals surface area contributed by atoms with Crippen LogP contribution >= 0.6 is 0 Å². The number of halogens is 1. The molecule has 152 valence electrons. The van der Waals surface area contributed by atoms with Crippen molar-refractivity contribution in [3.8, 4) is 11.6 Å². The van der Waals surface area contributed by atoms with Gasteiger partial charge in [0, 0.05) is 24.3 Å². The molecule has 2 aromatic rings. The molecule has 2 heterocycles. The molecule has 0 radical (unpaired) electrons. The molecule has 0 atom stereocenters. The number of piperidine rings is 1. The van der Waals surface area contributed by atoms with Crippen LogP contribution in [-0.2, 0) is 10.0 Å². The summed E-state index contributed by atoms with van der Waals surface area (Å²) in [5, 5.41) is 0. The number of hydrogen-bond acceptors (Lipinski definition) is 6. The third-order valence-electron chi connectivity index (χ3n) is 5.06. The fraction of sp³-hybridized carbons (Fsp3) is 0.474. The second-order valence-corrected chi connectivity index (χ2v) is 8.75. The summed E-state index contributed by atoms with van der Waals surface area (Å²) >= 11 is 0. The summed E-state index contributed by atoms with van der Waals surface area (Å²) in [5.74, 6) is 0.308. The minimum atomic E-state index is -3.82. The van der Waals surface area contributed by atoms with Crippen molar-refractivity contribution in [3.05, 3.63) is 41.6 Å². The Morgan fingerprint density at radius 3 is 2.61 bits per heavy atom. The van der Waals surface area contributed by atoms with E-state index in [4.69, 9.17) is 9.47 Å². The highest BCUT2D eigenvalue weighted by Gasteiger charge is 2.32. The van der Waals surface area contributed by atoms with Gasteiger partial charge in [-0.05, 0) is 50.8 Å². The topological polar surface area (TPSA) is 81.6 Å². The van der Waals surface area contributed by atoms with E-state index in [0.717, 1.165) is 17.3 Å². The van der Waals surface area contributed by atoms with Crippen molar-refractivity contribution in [2.45, 2.75) is 31.6 Å². The highest BCUT2D eigenvalue weighted by Crippen LogP contribution is 2.30. The zero-order valence-electron chi connectivity index (χ0n) is 16.2. The van der Waals surface area contributed by atoms with E-state index >= 15 is 0 Å². The number of methoxy groups -OCH3 is 1. The van der Waals surface area contributed by atoms with Gasteiger partial charge in [-0.15, -0.1) is 0 Å². The van der Waals surface area contributed by atoms with Crippen molar-refractivity contribution in [1.29, 1.82) is 0 Å². The summed E-state index contributed by atoms with van der Waals surface area (Å²) in [6.07, 6.45) is 2.78. The van der Waals surface area contributed by atoms with Crippen LogP contribution in [0.25, 0.3) is 0 Å². The van der Waals surface area contributed by atoms with Crippen LogP contribution in [0.15, 0.2) is 29.4 Å². The molecule has 3 rings (SSSR count). The average molecular weight is 409 g/mol. The second-order valence-electron chi connectivity index (χ2n) is 6.84. The van der Waals surface area contributed by atoms with Gasteiger partial charge < -0.3 is 9.47 Å². The number of aryl methyl sites for hydroxylation is 1. The molecule has 7 nitrogen and oxygen atoms in total. The second kappa shape index (κ2) is 8.40. The van der Waals surface area contributed by atoms with E-state index in [2.05, 4.69) is 9.97 Å². The van der Waals surface area contributed by atoms with E-state index in [1.165, 1.54) is 29.9 Å². The normalized spacial score (nSPS) is 16.1. The van der Waals surface area contributed by atoms with Crippen LogP contribution in [0.5, 0.6) is 11.6 Å². The Balaban J connectivity index is 1.63. The molecule has 0 unspecified atom stereocenters. The van der Waals surface area contributed by atoms with Crippen molar-refractivity contribution in [2.75, 3.05) is 26.8 Å². The standard InChI is InChI=1S/C19H24FN3O4S/c1-13-14(2)21-12-22-19(13)27-11-15-6-8-23(9-7-15)28(24,25)18-10-16(20)4-5-17(18)26-3/h4-5,10,12,15H,6-9,11H2,1-3H3. The molecule has 0 bridgehead atoms. The first kappa shape index (κ1) is 20.5. The van der Waals surface area contributed by atoms with Gasteiger partial charge in [0.05, 0.1) is 13.7 Å². The Hall–Kier alpha value is -2.26. The van der Waals surface area contributed by atoms with Crippen molar-refractivity contribution in [1.82, 2.24) is 14.3 Å². The van der Waals surface area contributed by atoms with E-state index in [-0.39, 0.29) is 16.6 Å². The summed E-state index contributed by atoms with van der Waals surface area (Å²) in [6, 6.07) is 3.51. The number of rotatable bonds is 6. The number of nitrogens with zero attached hydrogens (tertiary/aromatic N) is 3. The third kappa shape index (κ3) is 4.25. The highest BCUT2D eigenvalue weighted by atomic mass is 32.2. The Kier molecular flexibility index (Phi) is 6.14. The third-order valence-corrected chi connectivity index (χ3v) is 6.98. The Bertz CT molecular complexity index is 944. The van der Waals surface area contributed by atoms with Gasteiger partial charge in [-0.2, -0.15) is 4.31 Å². The molecule has 1 aromatic carbocycles. The van der Waals surface area contributed by atoms with Crippen molar-refractivity contribution in [2.24, 2.45) is 5.92 Å². The molecule has 1 fully saturated rings. The van der Waals surface area contributed by atoms with Gasteiger partial charge in [0.1, 0.15) is 22.8 Å². The SMILES string of the molecule is COc1ccc(F)cc1S(=O)(=O)N1CCC(COc2ncnc(C)c2C)CC1.